The van der Waals surface area contributed by atoms with Crippen molar-refractivity contribution in [3.8, 4) is 5.75 Å². The number of aryl methyl sites for hydroxylation is 1. The van der Waals surface area contributed by atoms with Crippen LogP contribution in [0.15, 0.2) is 6.07 Å². The van der Waals surface area contributed by atoms with E-state index in [2.05, 4.69) is 31.3 Å². The summed E-state index contributed by atoms with van der Waals surface area (Å²) in [5.74, 6) is 0.0404. The predicted octanol–water partition coefficient (Wildman–Crippen LogP) is 5.21. The Bertz CT molecular complexity index is 828. The Labute approximate surface area is 190 Å². The van der Waals surface area contributed by atoms with Crippen molar-refractivity contribution in [1.82, 2.24) is 4.90 Å². The van der Waals surface area contributed by atoms with Crippen LogP contribution in [0.5, 0.6) is 5.75 Å². The summed E-state index contributed by atoms with van der Waals surface area (Å²) in [5, 5.41) is 9.97. The van der Waals surface area contributed by atoms with Crippen molar-refractivity contribution < 1.29 is 23.9 Å². The van der Waals surface area contributed by atoms with E-state index < -0.39 is 23.3 Å². The molecule has 0 saturated carbocycles. The van der Waals surface area contributed by atoms with E-state index in [1.54, 1.807) is 26.8 Å². The molecule has 31 heavy (non-hydrogen) atoms. The molecule has 1 atom stereocenters. The first-order chi connectivity index (χ1) is 13.8. The standard InChI is InChI=1S/C24H38NO5Si/c1-14-12-16(20(30-31)15(2)18(14)22(3,4)5)19(26)17(13-29-24(9,10)11)25(21(27)28)23(6,7)8/h12,17H,13H2,1-11H3,(H,27,28)/t17-/m0/s1. The lowest BCUT2D eigenvalue weighted by Crippen LogP contribution is -2.56. The zero-order chi connectivity index (χ0) is 24.5. The molecule has 1 aromatic rings. The molecule has 0 aromatic heterocycles. The number of carboxylic acid groups (broad SMARTS) is 1. The van der Waals surface area contributed by atoms with Gasteiger partial charge in [-0.05, 0) is 83.6 Å². The molecule has 0 spiro atoms. The Morgan fingerprint density at radius 2 is 1.58 bits per heavy atom. The van der Waals surface area contributed by atoms with E-state index >= 15 is 0 Å². The summed E-state index contributed by atoms with van der Waals surface area (Å²) in [6, 6.07) is 0.759. The molecule has 0 aliphatic carbocycles. The number of hydrogen-bond acceptors (Lipinski definition) is 4. The fourth-order valence-electron chi connectivity index (χ4n) is 4.10. The van der Waals surface area contributed by atoms with Gasteiger partial charge in [0.1, 0.15) is 11.8 Å². The van der Waals surface area contributed by atoms with Crippen LogP contribution >= 0.6 is 0 Å². The van der Waals surface area contributed by atoms with Crippen molar-refractivity contribution >= 4 is 22.4 Å². The highest BCUT2D eigenvalue weighted by Crippen LogP contribution is 2.37. The van der Waals surface area contributed by atoms with Crippen LogP contribution in [0.4, 0.5) is 4.79 Å². The molecule has 0 aliphatic rings. The van der Waals surface area contributed by atoms with Crippen LogP contribution in [0.2, 0.25) is 0 Å². The zero-order valence-corrected chi connectivity index (χ0v) is 21.9. The quantitative estimate of drug-likeness (QED) is 0.478. The summed E-state index contributed by atoms with van der Waals surface area (Å²) in [4.78, 5) is 27.2. The maximum absolute atomic E-state index is 13.8. The molecule has 7 heteroatoms. The number of Topliss-reactive ketones (excluding diaryl/α,β-unsaturated/α-hetero) is 1. The third-order valence-corrected chi connectivity index (χ3v) is 5.25. The van der Waals surface area contributed by atoms with Crippen molar-refractivity contribution in [3.63, 3.8) is 0 Å². The van der Waals surface area contributed by atoms with Crippen LogP contribution in [-0.2, 0) is 10.2 Å². The molecule has 0 heterocycles. The van der Waals surface area contributed by atoms with E-state index in [1.165, 1.54) is 4.90 Å². The van der Waals surface area contributed by atoms with E-state index in [9.17, 15) is 14.7 Å². The Hall–Kier alpha value is -1.86. The van der Waals surface area contributed by atoms with Gasteiger partial charge in [-0.3, -0.25) is 9.69 Å². The van der Waals surface area contributed by atoms with Crippen molar-refractivity contribution in [2.75, 3.05) is 6.61 Å². The highest BCUT2D eigenvalue weighted by atomic mass is 28.2. The monoisotopic (exact) mass is 448 g/mol. The van der Waals surface area contributed by atoms with Crippen molar-refractivity contribution in [2.24, 2.45) is 0 Å². The first kappa shape index (κ1) is 27.2. The first-order valence-corrected chi connectivity index (χ1v) is 10.9. The summed E-state index contributed by atoms with van der Waals surface area (Å²) >= 11 is 0. The van der Waals surface area contributed by atoms with Crippen LogP contribution in [0, 0.1) is 13.8 Å². The van der Waals surface area contributed by atoms with E-state index in [1.807, 2.05) is 34.6 Å². The highest BCUT2D eigenvalue weighted by Gasteiger charge is 2.40. The summed E-state index contributed by atoms with van der Waals surface area (Å²) in [7, 11) is 3.12. The van der Waals surface area contributed by atoms with Gasteiger partial charge in [-0.2, -0.15) is 0 Å². The highest BCUT2D eigenvalue weighted by molar-refractivity contribution is 6.07. The average molecular weight is 449 g/mol. The van der Waals surface area contributed by atoms with Crippen molar-refractivity contribution in [2.45, 2.75) is 98.8 Å². The topological polar surface area (TPSA) is 76.1 Å². The maximum atomic E-state index is 13.8. The number of amides is 1. The molecule has 0 bridgehead atoms. The molecule has 1 amide bonds. The molecular formula is C24H38NO5Si. The molecule has 173 valence electrons. The Kier molecular flexibility index (Phi) is 8.17. The average Bonchev–Trinajstić information content (AvgIpc) is 2.53. The van der Waals surface area contributed by atoms with Gasteiger partial charge in [0.15, 0.2) is 5.78 Å². The van der Waals surface area contributed by atoms with Gasteiger partial charge in [-0.15, -0.1) is 0 Å². The van der Waals surface area contributed by atoms with Crippen LogP contribution in [-0.4, -0.2) is 56.2 Å². The van der Waals surface area contributed by atoms with E-state index in [4.69, 9.17) is 9.16 Å². The number of carbonyl (C=O) groups is 2. The van der Waals surface area contributed by atoms with E-state index in [0.29, 0.717) is 11.3 Å². The minimum Gasteiger partial charge on any atom is -0.540 e. The number of benzene rings is 1. The molecule has 3 radical (unpaired) electrons. The van der Waals surface area contributed by atoms with Gasteiger partial charge < -0.3 is 14.3 Å². The second kappa shape index (κ2) is 9.33. The largest absolute Gasteiger partial charge is 0.540 e. The van der Waals surface area contributed by atoms with Gasteiger partial charge in [0.25, 0.3) is 0 Å². The third-order valence-electron chi connectivity index (χ3n) is 5.05. The van der Waals surface area contributed by atoms with Gasteiger partial charge in [-0.1, -0.05) is 20.8 Å². The van der Waals surface area contributed by atoms with Crippen molar-refractivity contribution in [3.05, 3.63) is 28.3 Å². The summed E-state index contributed by atoms with van der Waals surface area (Å²) in [6.45, 7) is 21.0. The maximum Gasteiger partial charge on any atom is 0.408 e. The number of hydrogen-bond donors (Lipinski definition) is 1. The van der Waals surface area contributed by atoms with E-state index in [-0.39, 0.29) is 17.8 Å². The third kappa shape index (κ3) is 6.56. The Morgan fingerprint density at radius 3 is 1.94 bits per heavy atom. The normalized spacial score (nSPS) is 13.7. The molecule has 1 N–H and O–H groups in total. The smallest absolute Gasteiger partial charge is 0.408 e. The minimum absolute atomic E-state index is 0.0633. The van der Waals surface area contributed by atoms with Crippen LogP contribution in [0.3, 0.4) is 0 Å². The fourth-order valence-corrected chi connectivity index (χ4v) is 4.36. The molecule has 0 fully saturated rings. The molecule has 6 nitrogen and oxygen atoms in total. The van der Waals surface area contributed by atoms with Gasteiger partial charge in [0, 0.05) is 5.54 Å². The lowest BCUT2D eigenvalue weighted by molar-refractivity contribution is -0.0390. The van der Waals surface area contributed by atoms with Crippen LogP contribution in [0.1, 0.15) is 89.4 Å². The van der Waals surface area contributed by atoms with E-state index in [0.717, 1.165) is 16.7 Å². The number of rotatable bonds is 6. The second-order valence-electron chi connectivity index (χ2n) is 11.0. The minimum atomic E-state index is -1.18. The number of carbonyl (C=O) groups excluding carboxylic acids is 1. The molecule has 1 rings (SSSR count). The summed E-state index contributed by atoms with van der Waals surface area (Å²) in [5.41, 5.74) is 1.73. The molecule has 1 aromatic carbocycles. The summed E-state index contributed by atoms with van der Waals surface area (Å²) in [6.07, 6.45) is -1.18. The van der Waals surface area contributed by atoms with Gasteiger partial charge in [0.2, 0.25) is 0 Å². The molecule has 0 unspecified atom stereocenters. The number of nitrogens with zero attached hydrogens (tertiary/aromatic N) is 1. The Morgan fingerprint density at radius 1 is 1.06 bits per heavy atom. The molecular weight excluding hydrogens is 410 g/mol. The van der Waals surface area contributed by atoms with Gasteiger partial charge in [-0.25, -0.2) is 4.79 Å². The van der Waals surface area contributed by atoms with Gasteiger partial charge >= 0.3 is 16.6 Å². The Balaban J connectivity index is 3.71. The van der Waals surface area contributed by atoms with Crippen LogP contribution < -0.4 is 4.43 Å². The fraction of sp³-hybridized carbons (Fsp3) is 0.667. The number of ether oxygens (including phenoxy) is 1. The van der Waals surface area contributed by atoms with Gasteiger partial charge in [0.05, 0.1) is 17.8 Å². The lowest BCUT2D eigenvalue weighted by atomic mass is 9.79. The number of ketones is 1. The van der Waals surface area contributed by atoms with Crippen LogP contribution in [0.25, 0.3) is 0 Å². The second-order valence-corrected chi connectivity index (χ2v) is 11.3. The predicted molar refractivity (Wildman–Crippen MR) is 124 cm³/mol. The zero-order valence-electron chi connectivity index (χ0n) is 20.9. The molecule has 0 saturated heterocycles. The molecule has 0 aliphatic heterocycles. The SMILES string of the molecule is Cc1cc(C(=O)[C@H](COC(C)(C)C)N(C(=O)O)C(C)(C)C)c(O[Si])c(C)c1C(C)(C)C. The summed E-state index contributed by atoms with van der Waals surface area (Å²) < 4.78 is 11.4. The lowest BCUT2D eigenvalue weighted by Gasteiger charge is -2.40. The van der Waals surface area contributed by atoms with Crippen molar-refractivity contribution in [1.29, 1.82) is 0 Å². The first-order valence-electron chi connectivity index (χ1n) is 10.5.